The van der Waals surface area contributed by atoms with E-state index >= 15 is 0 Å². The molecule has 0 aromatic carbocycles. The summed E-state index contributed by atoms with van der Waals surface area (Å²) in [6.07, 6.45) is 3.91. The number of aliphatic carboxylic acids is 1. The highest BCUT2D eigenvalue weighted by Gasteiger charge is 2.43. The van der Waals surface area contributed by atoms with Gasteiger partial charge in [-0.2, -0.15) is 0 Å². The van der Waals surface area contributed by atoms with Gasteiger partial charge in [-0.1, -0.05) is 19.8 Å². The van der Waals surface area contributed by atoms with Crippen LogP contribution in [0.4, 0.5) is 11.5 Å². The van der Waals surface area contributed by atoms with Gasteiger partial charge in [-0.15, -0.1) is 5.10 Å². The molecule has 0 bridgehead atoms. The minimum Gasteiger partial charge on any atom is -0.480 e. The largest absolute Gasteiger partial charge is 0.480 e. The third-order valence-electron chi connectivity index (χ3n) is 3.77. The van der Waals surface area contributed by atoms with Crippen molar-refractivity contribution in [2.75, 3.05) is 5.32 Å². The zero-order valence-electron chi connectivity index (χ0n) is 11.5. The van der Waals surface area contributed by atoms with Gasteiger partial charge in [-0.05, 0) is 18.8 Å². The first kappa shape index (κ1) is 14.3. The predicted octanol–water partition coefficient (Wildman–Crippen LogP) is 1.77. The van der Waals surface area contributed by atoms with Crippen molar-refractivity contribution in [2.45, 2.75) is 38.1 Å². The normalized spacial score (nSPS) is 26.2. The topological polar surface area (TPSA) is 110 Å². The van der Waals surface area contributed by atoms with E-state index in [9.17, 15) is 20.0 Å². The van der Waals surface area contributed by atoms with Gasteiger partial charge in [0.15, 0.2) is 0 Å². The van der Waals surface area contributed by atoms with Crippen molar-refractivity contribution >= 4 is 17.5 Å². The number of carboxylic acids is 1. The van der Waals surface area contributed by atoms with Crippen molar-refractivity contribution in [3.63, 3.8) is 0 Å². The Morgan fingerprint density at radius 2 is 2.40 bits per heavy atom. The maximum atomic E-state index is 11.6. The van der Waals surface area contributed by atoms with E-state index in [4.69, 9.17) is 0 Å². The van der Waals surface area contributed by atoms with Crippen LogP contribution < -0.4 is 5.32 Å². The van der Waals surface area contributed by atoms with Crippen LogP contribution in [0.25, 0.3) is 0 Å². The molecular weight excluding hydrogens is 264 g/mol. The van der Waals surface area contributed by atoms with E-state index in [0.29, 0.717) is 12.8 Å². The molecule has 2 rings (SSSR count). The Kier molecular flexibility index (Phi) is 3.65. The Hall–Kier alpha value is -2.12. The van der Waals surface area contributed by atoms with Gasteiger partial charge in [0.2, 0.25) is 5.82 Å². The summed E-state index contributed by atoms with van der Waals surface area (Å²) in [6, 6.07) is 0. The fourth-order valence-corrected chi connectivity index (χ4v) is 2.84. The van der Waals surface area contributed by atoms with Crippen molar-refractivity contribution < 1.29 is 14.8 Å². The molecule has 8 nitrogen and oxygen atoms in total. The predicted molar refractivity (Wildman–Crippen MR) is 71.5 cm³/mol. The summed E-state index contributed by atoms with van der Waals surface area (Å²) in [5, 5.41) is 27.3. The molecule has 1 heterocycles. The average Bonchev–Trinajstić information content (AvgIpc) is 2.70. The lowest BCUT2D eigenvalue weighted by Crippen LogP contribution is -2.49. The summed E-state index contributed by atoms with van der Waals surface area (Å²) in [5.41, 5.74) is -1.37. The van der Waals surface area contributed by atoms with Gasteiger partial charge in [-0.25, -0.2) is 4.79 Å². The number of carbonyl (C=O) groups is 1. The molecule has 1 aliphatic rings. The van der Waals surface area contributed by atoms with Crippen molar-refractivity contribution in [1.29, 1.82) is 0 Å². The Balaban J connectivity index is 2.34. The van der Waals surface area contributed by atoms with Crippen LogP contribution >= 0.6 is 0 Å². The zero-order valence-corrected chi connectivity index (χ0v) is 11.5. The number of hydrogen-bond donors (Lipinski definition) is 2. The van der Waals surface area contributed by atoms with E-state index in [1.165, 1.54) is 10.9 Å². The van der Waals surface area contributed by atoms with Crippen LogP contribution in [0, 0.1) is 16.0 Å². The van der Waals surface area contributed by atoms with Gasteiger partial charge in [-0.3, -0.25) is 14.8 Å². The van der Waals surface area contributed by atoms with Crippen molar-refractivity contribution in [1.82, 2.24) is 9.78 Å². The van der Waals surface area contributed by atoms with Gasteiger partial charge in [0, 0.05) is 7.05 Å². The second-order valence-corrected chi connectivity index (χ2v) is 5.51. The number of nitrogens with zero attached hydrogens (tertiary/aromatic N) is 3. The SMILES string of the molecule is CC1CCCC(Nc2nn(C)cc2[N+](=O)[O-])(C(=O)O)C1. The fourth-order valence-electron chi connectivity index (χ4n) is 2.84. The first-order valence-corrected chi connectivity index (χ1v) is 6.54. The zero-order chi connectivity index (χ0) is 14.9. The van der Waals surface area contributed by atoms with E-state index in [1.54, 1.807) is 7.05 Å². The van der Waals surface area contributed by atoms with Crippen LogP contribution in [0.2, 0.25) is 0 Å². The number of anilines is 1. The standard InChI is InChI=1S/C12H18N4O4/c1-8-4-3-5-12(6-8,11(17)18)13-10-9(16(19)20)7-15(2)14-10/h7-8H,3-6H2,1-2H3,(H,13,14)(H,17,18). The maximum absolute atomic E-state index is 11.6. The molecule has 0 saturated heterocycles. The van der Waals surface area contributed by atoms with Crippen LogP contribution in [-0.2, 0) is 11.8 Å². The molecule has 1 aromatic rings. The van der Waals surface area contributed by atoms with E-state index in [1.807, 2.05) is 6.92 Å². The van der Waals surface area contributed by atoms with Crippen LogP contribution in [0.3, 0.4) is 0 Å². The lowest BCUT2D eigenvalue weighted by molar-refractivity contribution is -0.384. The Labute approximate surface area is 115 Å². The summed E-state index contributed by atoms with van der Waals surface area (Å²) in [7, 11) is 1.56. The molecule has 0 spiro atoms. The number of nitrogens with one attached hydrogen (secondary N) is 1. The smallest absolute Gasteiger partial charge is 0.330 e. The molecule has 2 N–H and O–H groups in total. The van der Waals surface area contributed by atoms with E-state index in [-0.39, 0.29) is 17.4 Å². The molecule has 8 heteroatoms. The lowest BCUT2D eigenvalue weighted by atomic mass is 9.76. The average molecular weight is 282 g/mol. The highest BCUT2D eigenvalue weighted by Crippen LogP contribution is 2.36. The minimum absolute atomic E-state index is 0.0222. The molecule has 1 fully saturated rings. The van der Waals surface area contributed by atoms with Crippen molar-refractivity contribution in [3.05, 3.63) is 16.3 Å². The number of rotatable bonds is 4. The van der Waals surface area contributed by atoms with E-state index < -0.39 is 16.4 Å². The van der Waals surface area contributed by atoms with Crippen LogP contribution in [-0.4, -0.2) is 31.3 Å². The summed E-state index contributed by atoms with van der Waals surface area (Å²) >= 11 is 0. The number of aromatic nitrogens is 2. The highest BCUT2D eigenvalue weighted by molar-refractivity contribution is 5.83. The molecule has 0 radical (unpaired) electrons. The Bertz CT molecular complexity index is 542. The first-order valence-electron chi connectivity index (χ1n) is 6.54. The summed E-state index contributed by atoms with van der Waals surface area (Å²) in [5.74, 6) is -0.701. The molecule has 1 saturated carbocycles. The molecule has 2 unspecified atom stereocenters. The van der Waals surface area contributed by atoms with E-state index in [0.717, 1.165) is 12.8 Å². The summed E-state index contributed by atoms with van der Waals surface area (Å²) in [4.78, 5) is 22.1. The van der Waals surface area contributed by atoms with Crippen LogP contribution in [0.5, 0.6) is 0 Å². The molecule has 2 atom stereocenters. The lowest BCUT2D eigenvalue weighted by Gasteiger charge is -2.36. The molecular formula is C12H18N4O4. The minimum atomic E-state index is -1.17. The van der Waals surface area contributed by atoms with Crippen molar-refractivity contribution in [2.24, 2.45) is 13.0 Å². The highest BCUT2D eigenvalue weighted by atomic mass is 16.6. The number of nitro groups is 1. The van der Waals surface area contributed by atoms with Gasteiger partial charge < -0.3 is 10.4 Å². The number of carboxylic acid groups (broad SMARTS) is 1. The second kappa shape index (κ2) is 5.10. The van der Waals surface area contributed by atoms with Gasteiger partial charge in [0.1, 0.15) is 11.7 Å². The van der Waals surface area contributed by atoms with Crippen molar-refractivity contribution in [3.8, 4) is 0 Å². The summed E-state index contributed by atoms with van der Waals surface area (Å²) < 4.78 is 1.31. The third-order valence-corrected chi connectivity index (χ3v) is 3.77. The number of hydrogen-bond acceptors (Lipinski definition) is 5. The molecule has 110 valence electrons. The maximum Gasteiger partial charge on any atom is 0.330 e. The van der Waals surface area contributed by atoms with Gasteiger partial charge in [0.05, 0.1) is 4.92 Å². The monoisotopic (exact) mass is 282 g/mol. The van der Waals surface area contributed by atoms with Crippen LogP contribution in [0.1, 0.15) is 32.6 Å². The quantitative estimate of drug-likeness (QED) is 0.643. The third kappa shape index (κ3) is 2.59. The molecule has 1 aromatic heterocycles. The first-order chi connectivity index (χ1) is 9.34. The number of aryl methyl sites for hydroxylation is 1. The molecule has 0 aliphatic heterocycles. The van der Waals surface area contributed by atoms with Gasteiger partial charge in [0.25, 0.3) is 0 Å². The van der Waals surface area contributed by atoms with Crippen LogP contribution in [0.15, 0.2) is 6.20 Å². The Morgan fingerprint density at radius 3 is 2.95 bits per heavy atom. The Morgan fingerprint density at radius 1 is 1.70 bits per heavy atom. The van der Waals surface area contributed by atoms with E-state index in [2.05, 4.69) is 10.4 Å². The molecule has 0 amide bonds. The summed E-state index contributed by atoms with van der Waals surface area (Å²) in [6.45, 7) is 1.99. The molecule has 1 aliphatic carbocycles. The van der Waals surface area contributed by atoms with Gasteiger partial charge >= 0.3 is 11.7 Å². The second-order valence-electron chi connectivity index (χ2n) is 5.51. The fraction of sp³-hybridized carbons (Fsp3) is 0.667. The molecule has 20 heavy (non-hydrogen) atoms.